The first-order chi connectivity index (χ1) is 14.8. The number of nitro groups is 1. The number of hydrogen-bond acceptors (Lipinski definition) is 7. The number of ether oxygens (including phenoxy) is 3. The van der Waals surface area contributed by atoms with Crippen LogP contribution in [0, 0.1) is 24.0 Å². The van der Waals surface area contributed by atoms with Crippen LogP contribution in [0.2, 0.25) is 0 Å². The number of aryl methyl sites for hydroxylation is 2. The lowest BCUT2D eigenvalue weighted by Gasteiger charge is -2.26. The zero-order valence-corrected chi connectivity index (χ0v) is 18.4. The molecule has 9 nitrogen and oxygen atoms in total. The van der Waals surface area contributed by atoms with Gasteiger partial charge in [-0.05, 0) is 49.2 Å². The highest BCUT2D eigenvalue weighted by Crippen LogP contribution is 2.31. The Morgan fingerprint density at radius 2 is 1.68 bits per heavy atom. The van der Waals surface area contributed by atoms with E-state index in [-0.39, 0.29) is 36.0 Å². The van der Waals surface area contributed by atoms with Crippen molar-refractivity contribution in [2.45, 2.75) is 25.2 Å². The predicted octanol–water partition coefficient (Wildman–Crippen LogP) is 3.08. The van der Waals surface area contributed by atoms with Crippen LogP contribution in [0.4, 0.5) is 5.69 Å². The Labute approximate surface area is 181 Å². The predicted molar refractivity (Wildman–Crippen MR) is 114 cm³/mol. The van der Waals surface area contributed by atoms with Crippen LogP contribution < -0.4 is 9.47 Å². The fraction of sp³-hybridized carbons (Fsp3) is 0.429. The summed E-state index contributed by atoms with van der Waals surface area (Å²) in [6, 6.07) is 9.64. The Hall–Kier alpha value is -2.69. The minimum absolute atomic E-state index is 0.0253. The molecule has 0 N–H and O–H groups in total. The van der Waals surface area contributed by atoms with Crippen LogP contribution in [0.15, 0.2) is 41.3 Å². The summed E-state index contributed by atoms with van der Waals surface area (Å²) in [5.74, 6) is 0.790. The number of benzene rings is 2. The van der Waals surface area contributed by atoms with E-state index in [0.717, 1.165) is 22.9 Å². The van der Waals surface area contributed by atoms with E-state index < -0.39 is 14.9 Å². The molecule has 168 valence electrons. The highest BCUT2D eigenvalue weighted by molar-refractivity contribution is 7.89. The van der Waals surface area contributed by atoms with E-state index in [4.69, 9.17) is 14.2 Å². The number of sulfonamides is 1. The second-order valence-electron chi connectivity index (χ2n) is 7.28. The van der Waals surface area contributed by atoms with Crippen molar-refractivity contribution in [3.63, 3.8) is 0 Å². The molecule has 0 bridgehead atoms. The largest absolute Gasteiger partial charge is 0.493 e. The molecule has 3 rings (SSSR count). The maximum Gasteiger partial charge on any atom is 0.312 e. The molecular formula is C21H26N2O7S. The molecule has 0 radical (unpaired) electrons. The first-order valence-electron chi connectivity index (χ1n) is 9.97. The van der Waals surface area contributed by atoms with Gasteiger partial charge in [0.15, 0.2) is 5.75 Å². The van der Waals surface area contributed by atoms with E-state index in [0.29, 0.717) is 26.2 Å². The van der Waals surface area contributed by atoms with Gasteiger partial charge in [0.25, 0.3) is 0 Å². The van der Waals surface area contributed by atoms with Crippen LogP contribution in [0.5, 0.6) is 11.5 Å². The summed E-state index contributed by atoms with van der Waals surface area (Å²) in [4.78, 5) is 10.7. The van der Waals surface area contributed by atoms with Gasteiger partial charge in [-0.2, -0.15) is 4.31 Å². The fourth-order valence-electron chi connectivity index (χ4n) is 3.31. The number of nitrogens with zero attached hydrogens (tertiary/aromatic N) is 2. The van der Waals surface area contributed by atoms with Gasteiger partial charge in [0.1, 0.15) is 5.75 Å². The second kappa shape index (κ2) is 10.1. The van der Waals surface area contributed by atoms with Gasteiger partial charge in [-0.25, -0.2) is 8.42 Å². The van der Waals surface area contributed by atoms with E-state index in [1.165, 1.54) is 16.4 Å². The molecule has 0 spiro atoms. The van der Waals surface area contributed by atoms with Crippen molar-refractivity contribution in [2.75, 3.05) is 39.5 Å². The standard InChI is InChI=1S/C21H26N2O7S/c1-16-12-17(2)14-18(13-16)29-8-3-9-30-21-5-4-19(15-20(21)23(24)25)31(26,27)22-6-10-28-11-7-22/h4-5,12-15H,3,6-11H2,1-2H3. The molecule has 0 unspecified atom stereocenters. The third kappa shape index (κ3) is 5.93. The van der Waals surface area contributed by atoms with E-state index in [2.05, 4.69) is 6.07 Å². The Morgan fingerprint density at radius 3 is 2.32 bits per heavy atom. The third-order valence-electron chi connectivity index (χ3n) is 4.75. The molecule has 0 amide bonds. The van der Waals surface area contributed by atoms with Crippen LogP contribution >= 0.6 is 0 Å². The molecule has 2 aromatic carbocycles. The van der Waals surface area contributed by atoms with E-state index >= 15 is 0 Å². The van der Waals surface area contributed by atoms with Gasteiger partial charge in [0.2, 0.25) is 10.0 Å². The summed E-state index contributed by atoms with van der Waals surface area (Å²) in [5, 5.41) is 11.5. The Kier molecular flexibility index (Phi) is 7.47. The lowest BCUT2D eigenvalue weighted by atomic mass is 10.1. The Morgan fingerprint density at radius 1 is 1.03 bits per heavy atom. The Balaban J connectivity index is 1.61. The molecule has 2 aromatic rings. The summed E-state index contributed by atoms with van der Waals surface area (Å²) < 4.78 is 43.2. The highest BCUT2D eigenvalue weighted by atomic mass is 32.2. The molecule has 0 atom stereocenters. The minimum Gasteiger partial charge on any atom is -0.493 e. The van der Waals surface area contributed by atoms with Crippen molar-refractivity contribution in [3.8, 4) is 11.5 Å². The molecule has 1 fully saturated rings. The SMILES string of the molecule is Cc1cc(C)cc(OCCCOc2ccc(S(=O)(=O)N3CCOCC3)cc2[N+](=O)[O-])c1. The molecule has 1 saturated heterocycles. The summed E-state index contributed by atoms with van der Waals surface area (Å²) in [7, 11) is -3.83. The average molecular weight is 451 g/mol. The molecule has 0 aliphatic carbocycles. The molecule has 0 aromatic heterocycles. The molecule has 1 aliphatic heterocycles. The Bertz CT molecular complexity index is 1010. The van der Waals surface area contributed by atoms with Crippen molar-refractivity contribution < 1.29 is 27.6 Å². The normalized spacial score (nSPS) is 14.9. The molecule has 1 aliphatic rings. The van der Waals surface area contributed by atoms with Crippen LogP contribution in [-0.4, -0.2) is 57.2 Å². The van der Waals surface area contributed by atoms with Crippen LogP contribution in [0.25, 0.3) is 0 Å². The smallest absolute Gasteiger partial charge is 0.312 e. The quantitative estimate of drug-likeness (QED) is 0.328. The first-order valence-corrected chi connectivity index (χ1v) is 11.4. The lowest BCUT2D eigenvalue weighted by Crippen LogP contribution is -2.40. The zero-order valence-electron chi connectivity index (χ0n) is 17.6. The maximum absolute atomic E-state index is 12.7. The molecular weight excluding hydrogens is 424 g/mol. The van der Waals surface area contributed by atoms with Gasteiger partial charge in [-0.3, -0.25) is 10.1 Å². The minimum atomic E-state index is -3.83. The summed E-state index contributed by atoms with van der Waals surface area (Å²) in [6.07, 6.45) is 0.512. The second-order valence-corrected chi connectivity index (χ2v) is 9.21. The van der Waals surface area contributed by atoms with Crippen molar-refractivity contribution in [3.05, 3.63) is 57.6 Å². The summed E-state index contributed by atoms with van der Waals surface area (Å²) in [5.41, 5.74) is 1.83. The fourth-order valence-corrected chi connectivity index (χ4v) is 4.73. The van der Waals surface area contributed by atoms with Crippen LogP contribution in [-0.2, 0) is 14.8 Å². The van der Waals surface area contributed by atoms with Crippen molar-refractivity contribution in [1.82, 2.24) is 4.31 Å². The molecule has 31 heavy (non-hydrogen) atoms. The van der Waals surface area contributed by atoms with Gasteiger partial charge in [-0.15, -0.1) is 0 Å². The topological polar surface area (TPSA) is 108 Å². The zero-order chi connectivity index (χ0) is 22.4. The molecule has 1 heterocycles. The molecule has 0 saturated carbocycles. The first kappa shape index (κ1) is 23.0. The van der Waals surface area contributed by atoms with Crippen molar-refractivity contribution >= 4 is 15.7 Å². The van der Waals surface area contributed by atoms with Crippen LogP contribution in [0.3, 0.4) is 0 Å². The number of morpholine rings is 1. The van der Waals surface area contributed by atoms with Gasteiger partial charge in [-0.1, -0.05) is 6.07 Å². The van der Waals surface area contributed by atoms with E-state index in [1.54, 1.807) is 0 Å². The van der Waals surface area contributed by atoms with Gasteiger partial charge < -0.3 is 14.2 Å². The summed E-state index contributed by atoms with van der Waals surface area (Å²) in [6.45, 7) is 5.60. The summed E-state index contributed by atoms with van der Waals surface area (Å²) >= 11 is 0. The van der Waals surface area contributed by atoms with Gasteiger partial charge in [0.05, 0.1) is 36.2 Å². The van der Waals surface area contributed by atoms with Crippen molar-refractivity contribution in [2.24, 2.45) is 0 Å². The third-order valence-corrected chi connectivity index (χ3v) is 6.64. The monoisotopic (exact) mass is 450 g/mol. The number of nitro benzene ring substituents is 1. The average Bonchev–Trinajstić information content (AvgIpc) is 2.73. The van der Waals surface area contributed by atoms with Crippen LogP contribution in [0.1, 0.15) is 17.5 Å². The number of rotatable bonds is 9. The maximum atomic E-state index is 12.7. The van der Waals surface area contributed by atoms with E-state index in [1.807, 2.05) is 26.0 Å². The van der Waals surface area contributed by atoms with E-state index in [9.17, 15) is 18.5 Å². The van der Waals surface area contributed by atoms with Crippen molar-refractivity contribution in [1.29, 1.82) is 0 Å². The number of hydrogen-bond donors (Lipinski definition) is 0. The van der Waals surface area contributed by atoms with Gasteiger partial charge >= 0.3 is 5.69 Å². The lowest BCUT2D eigenvalue weighted by molar-refractivity contribution is -0.386. The van der Waals surface area contributed by atoms with Gasteiger partial charge in [0, 0.05) is 25.6 Å². The molecule has 10 heteroatoms. The highest BCUT2D eigenvalue weighted by Gasteiger charge is 2.29.